The Balaban J connectivity index is 1.78. The molecule has 1 fully saturated rings. The van der Waals surface area contributed by atoms with Gasteiger partial charge in [-0.05, 0) is 37.5 Å². The van der Waals surface area contributed by atoms with Crippen LogP contribution in [0.4, 0.5) is 5.95 Å². The number of carbonyl (C=O) groups excluding carboxylic acids is 1. The monoisotopic (exact) mass is 324 g/mol. The lowest BCUT2D eigenvalue weighted by Crippen LogP contribution is -2.27. The quantitative estimate of drug-likeness (QED) is 0.847. The molecule has 0 N–H and O–H groups in total. The van der Waals surface area contributed by atoms with E-state index in [9.17, 15) is 4.79 Å². The second-order valence-electron chi connectivity index (χ2n) is 6.24. The summed E-state index contributed by atoms with van der Waals surface area (Å²) in [5.41, 5.74) is 2.61. The average Bonchev–Trinajstić information content (AvgIpc) is 3.16. The van der Waals surface area contributed by atoms with E-state index in [4.69, 9.17) is 0 Å². The maximum Gasteiger partial charge on any atom is 0.253 e. The predicted octanol–water partition coefficient (Wildman–Crippen LogP) is 3.23. The predicted molar refractivity (Wildman–Crippen MR) is 96.2 cm³/mol. The van der Waals surface area contributed by atoms with Gasteiger partial charge in [0.15, 0.2) is 0 Å². The van der Waals surface area contributed by atoms with Crippen molar-refractivity contribution in [2.24, 2.45) is 0 Å². The SMILES string of the molecule is CCCN(C)C(=O)c1ccc(-c2ccnc(N3CCCC3)n2)cc1. The molecule has 0 spiro atoms. The third-order valence-electron chi connectivity index (χ3n) is 4.37. The van der Waals surface area contributed by atoms with E-state index in [0.29, 0.717) is 5.56 Å². The number of anilines is 1. The minimum atomic E-state index is 0.0591. The van der Waals surface area contributed by atoms with Gasteiger partial charge >= 0.3 is 0 Å². The van der Waals surface area contributed by atoms with Crippen LogP contribution >= 0.6 is 0 Å². The molecule has 5 heteroatoms. The molecule has 1 aliphatic heterocycles. The number of aromatic nitrogens is 2. The lowest BCUT2D eigenvalue weighted by molar-refractivity contribution is 0.0795. The van der Waals surface area contributed by atoms with Gasteiger partial charge in [-0.1, -0.05) is 19.1 Å². The highest BCUT2D eigenvalue weighted by Gasteiger charge is 2.16. The summed E-state index contributed by atoms with van der Waals surface area (Å²) in [7, 11) is 1.84. The van der Waals surface area contributed by atoms with Crippen LogP contribution in [0.3, 0.4) is 0 Å². The molecule has 24 heavy (non-hydrogen) atoms. The van der Waals surface area contributed by atoms with Crippen LogP contribution < -0.4 is 4.90 Å². The molecule has 5 nitrogen and oxygen atoms in total. The van der Waals surface area contributed by atoms with Gasteiger partial charge in [0.25, 0.3) is 5.91 Å². The fourth-order valence-corrected chi connectivity index (χ4v) is 3.02. The summed E-state index contributed by atoms with van der Waals surface area (Å²) in [6.07, 6.45) is 5.18. The van der Waals surface area contributed by atoms with Crippen molar-refractivity contribution < 1.29 is 4.79 Å². The third kappa shape index (κ3) is 3.55. The van der Waals surface area contributed by atoms with Crippen molar-refractivity contribution in [3.05, 3.63) is 42.1 Å². The molecular formula is C19H24N4O. The Labute approximate surface area is 143 Å². The zero-order chi connectivity index (χ0) is 16.9. The van der Waals surface area contributed by atoms with Crippen LogP contribution in [0, 0.1) is 0 Å². The van der Waals surface area contributed by atoms with Gasteiger partial charge in [-0.2, -0.15) is 0 Å². The number of hydrogen-bond acceptors (Lipinski definition) is 4. The Morgan fingerprint density at radius 3 is 2.54 bits per heavy atom. The zero-order valence-corrected chi connectivity index (χ0v) is 14.4. The van der Waals surface area contributed by atoms with E-state index in [0.717, 1.165) is 43.3 Å². The highest BCUT2D eigenvalue weighted by molar-refractivity contribution is 5.94. The highest BCUT2D eigenvalue weighted by Crippen LogP contribution is 2.22. The van der Waals surface area contributed by atoms with Crippen LogP contribution in [-0.4, -0.2) is 47.5 Å². The lowest BCUT2D eigenvalue weighted by Gasteiger charge is -2.17. The van der Waals surface area contributed by atoms with Gasteiger partial charge in [0, 0.05) is 44.0 Å². The summed E-state index contributed by atoms with van der Waals surface area (Å²) in [6, 6.07) is 9.59. The van der Waals surface area contributed by atoms with Crippen molar-refractivity contribution in [1.82, 2.24) is 14.9 Å². The van der Waals surface area contributed by atoms with Gasteiger partial charge in [0.1, 0.15) is 0 Å². The molecule has 2 heterocycles. The molecule has 126 valence electrons. The summed E-state index contributed by atoms with van der Waals surface area (Å²) in [6.45, 7) is 4.90. The lowest BCUT2D eigenvalue weighted by atomic mass is 10.1. The Bertz CT molecular complexity index is 693. The number of nitrogens with zero attached hydrogens (tertiary/aromatic N) is 4. The molecule has 1 aromatic carbocycles. The van der Waals surface area contributed by atoms with Gasteiger partial charge in [-0.3, -0.25) is 4.79 Å². The first-order valence-corrected chi connectivity index (χ1v) is 8.63. The van der Waals surface area contributed by atoms with Gasteiger partial charge in [-0.15, -0.1) is 0 Å². The summed E-state index contributed by atoms with van der Waals surface area (Å²) in [5.74, 6) is 0.858. The molecule has 0 atom stereocenters. The first-order chi connectivity index (χ1) is 11.7. The Kier molecular flexibility index (Phi) is 5.08. The van der Waals surface area contributed by atoms with E-state index in [-0.39, 0.29) is 5.91 Å². The van der Waals surface area contributed by atoms with Crippen LogP contribution in [0.2, 0.25) is 0 Å². The first kappa shape index (κ1) is 16.4. The zero-order valence-electron chi connectivity index (χ0n) is 14.4. The minimum Gasteiger partial charge on any atom is -0.342 e. The van der Waals surface area contributed by atoms with Crippen molar-refractivity contribution in [3.63, 3.8) is 0 Å². The van der Waals surface area contributed by atoms with Crippen molar-refractivity contribution in [2.45, 2.75) is 26.2 Å². The van der Waals surface area contributed by atoms with E-state index < -0.39 is 0 Å². The largest absolute Gasteiger partial charge is 0.342 e. The van der Waals surface area contributed by atoms with E-state index in [1.165, 1.54) is 12.8 Å². The number of rotatable bonds is 5. The van der Waals surface area contributed by atoms with E-state index >= 15 is 0 Å². The minimum absolute atomic E-state index is 0.0591. The smallest absolute Gasteiger partial charge is 0.253 e. The summed E-state index contributed by atoms with van der Waals surface area (Å²) >= 11 is 0. The van der Waals surface area contributed by atoms with Crippen molar-refractivity contribution in [3.8, 4) is 11.3 Å². The molecule has 1 aromatic heterocycles. The fourth-order valence-electron chi connectivity index (χ4n) is 3.02. The molecule has 0 saturated carbocycles. The number of benzene rings is 1. The van der Waals surface area contributed by atoms with Gasteiger partial charge in [-0.25, -0.2) is 9.97 Å². The first-order valence-electron chi connectivity index (χ1n) is 8.63. The van der Waals surface area contributed by atoms with E-state index in [1.54, 1.807) is 4.90 Å². The standard InChI is InChI=1S/C19H24N4O/c1-3-12-22(2)18(24)16-8-6-15(7-9-16)17-10-11-20-19(21-17)23-13-4-5-14-23/h6-11H,3-5,12-14H2,1-2H3. The molecule has 0 bridgehead atoms. The Hall–Kier alpha value is -2.43. The van der Waals surface area contributed by atoms with Gasteiger partial charge < -0.3 is 9.80 Å². The van der Waals surface area contributed by atoms with Crippen LogP contribution in [0.25, 0.3) is 11.3 Å². The molecule has 3 rings (SSSR count). The van der Waals surface area contributed by atoms with Crippen LogP contribution in [0.15, 0.2) is 36.5 Å². The molecule has 0 unspecified atom stereocenters. The molecule has 0 aliphatic carbocycles. The molecule has 1 amide bonds. The topological polar surface area (TPSA) is 49.3 Å². The number of amides is 1. The van der Waals surface area contributed by atoms with Crippen LogP contribution in [0.5, 0.6) is 0 Å². The van der Waals surface area contributed by atoms with Crippen LogP contribution in [0.1, 0.15) is 36.5 Å². The van der Waals surface area contributed by atoms with E-state index in [1.807, 2.05) is 43.6 Å². The molecule has 1 saturated heterocycles. The van der Waals surface area contributed by atoms with Gasteiger partial charge in [0.2, 0.25) is 5.95 Å². The Morgan fingerprint density at radius 2 is 1.88 bits per heavy atom. The normalized spacial score (nSPS) is 14.0. The second-order valence-corrected chi connectivity index (χ2v) is 6.24. The number of hydrogen-bond donors (Lipinski definition) is 0. The molecule has 0 radical (unpaired) electrons. The average molecular weight is 324 g/mol. The van der Waals surface area contributed by atoms with Crippen molar-refractivity contribution in [2.75, 3.05) is 31.6 Å². The Morgan fingerprint density at radius 1 is 1.17 bits per heavy atom. The summed E-state index contributed by atoms with van der Waals surface area (Å²) < 4.78 is 0. The van der Waals surface area contributed by atoms with E-state index in [2.05, 4.69) is 21.8 Å². The molecule has 2 aromatic rings. The molecular weight excluding hydrogens is 300 g/mol. The maximum atomic E-state index is 12.3. The fraction of sp³-hybridized carbons (Fsp3) is 0.421. The second kappa shape index (κ2) is 7.43. The van der Waals surface area contributed by atoms with Crippen molar-refractivity contribution >= 4 is 11.9 Å². The van der Waals surface area contributed by atoms with Gasteiger partial charge in [0.05, 0.1) is 5.69 Å². The number of carbonyl (C=O) groups is 1. The maximum absolute atomic E-state index is 12.3. The summed E-state index contributed by atoms with van der Waals surface area (Å²) in [4.78, 5) is 25.4. The highest BCUT2D eigenvalue weighted by atomic mass is 16.2. The molecule has 1 aliphatic rings. The summed E-state index contributed by atoms with van der Waals surface area (Å²) in [5, 5.41) is 0. The van der Waals surface area contributed by atoms with Crippen molar-refractivity contribution in [1.29, 1.82) is 0 Å². The van der Waals surface area contributed by atoms with Crippen LogP contribution in [-0.2, 0) is 0 Å². The third-order valence-corrected chi connectivity index (χ3v) is 4.37.